The van der Waals surface area contributed by atoms with E-state index in [0.29, 0.717) is 17.4 Å². The van der Waals surface area contributed by atoms with Gasteiger partial charge in [0.1, 0.15) is 6.54 Å². The van der Waals surface area contributed by atoms with Crippen molar-refractivity contribution in [3.63, 3.8) is 0 Å². The third kappa shape index (κ3) is 3.41. The van der Waals surface area contributed by atoms with Gasteiger partial charge in [-0.05, 0) is 37.1 Å². The van der Waals surface area contributed by atoms with Crippen molar-refractivity contribution < 1.29 is 14.3 Å². The Hall–Kier alpha value is -3.68. The van der Waals surface area contributed by atoms with Crippen molar-refractivity contribution in [2.45, 2.75) is 26.4 Å². The number of hydrogen-bond acceptors (Lipinski definition) is 5. The number of fused-ring (bicyclic) bond motifs is 2. The van der Waals surface area contributed by atoms with Gasteiger partial charge in [-0.1, -0.05) is 30.3 Å². The molecule has 1 aliphatic rings. The first-order valence-electron chi connectivity index (χ1n) is 9.77. The number of carbonyl (C=O) groups is 2. The lowest BCUT2D eigenvalue weighted by molar-refractivity contribution is -0.148. The Balaban J connectivity index is 1.51. The minimum absolute atomic E-state index is 0.185. The second kappa shape index (κ2) is 7.98. The van der Waals surface area contributed by atoms with E-state index >= 15 is 0 Å². The van der Waals surface area contributed by atoms with Gasteiger partial charge in [0, 0.05) is 18.8 Å². The molecule has 0 unspecified atom stereocenters. The monoisotopic (exact) mass is 407 g/mol. The first-order valence-corrected chi connectivity index (χ1v) is 9.77. The standard InChI is InChI=1S/C22H21N3O5/c1-2-23-21(28)16-8-4-6-10-18(16)25(22(23)29)13-20(27)30-14-19(26)24-12-11-15-7-3-5-9-17(15)24/h3-10H,2,11-14H2,1H3. The van der Waals surface area contributed by atoms with Crippen LogP contribution in [0.3, 0.4) is 0 Å². The van der Waals surface area contributed by atoms with Crippen molar-refractivity contribution in [1.82, 2.24) is 9.13 Å². The van der Waals surface area contributed by atoms with Crippen LogP contribution in [-0.2, 0) is 33.8 Å². The Labute approximate surface area is 171 Å². The van der Waals surface area contributed by atoms with Crippen molar-refractivity contribution in [3.05, 3.63) is 74.9 Å². The first-order chi connectivity index (χ1) is 14.5. The molecule has 3 aromatic rings. The van der Waals surface area contributed by atoms with Crippen LogP contribution in [0.25, 0.3) is 10.9 Å². The molecule has 1 amide bonds. The summed E-state index contributed by atoms with van der Waals surface area (Å²) < 4.78 is 7.44. The summed E-state index contributed by atoms with van der Waals surface area (Å²) in [6.45, 7) is 1.62. The molecule has 1 aliphatic heterocycles. The molecule has 0 aliphatic carbocycles. The predicted octanol–water partition coefficient (Wildman–Crippen LogP) is 1.32. The molecule has 0 bridgehead atoms. The number of anilines is 1. The van der Waals surface area contributed by atoms with Gasteiger partial charge in [0.25, 0.3) is 11.5 Å². The van der Waals surface area contributed by atoms with Gasteiger partial charge in [-0.3, -0.25) is 23.5 Å². The van der Waals surface area contributed by atoms with Crippen LogP contribution in [0.1, 0.15) is 12.5 Å². The van der Waals surface area contributed by atoms with Crippen LogP contribution in [0, 0.1) is 0 Å². The molecule has 8 heteroatoms. The molecule has 2 aromatic carbocycles. The van der Waals surface area contributed by atoms with Crippen molar-refractivity contribution in [3.8, 4) is 0 Å². The van der Waals surface area contributed by atoms with E-state index in [1.165, 1.54) is 4.57 Å². The quantitative estimate of drug-likeness (QED) is 0.595. The summed E-state index contributed by atoms with van der Waals surface area (Å²) in [6.07, 6.45) is 0.760. The summed E-state index contributed by atoms with van der Waals surface area (Å²) in [7, 11) is 0. The normalized spacial score (nSPS) is 12.8. The Morgan fingerprint density at radius 3 is 2.53 bits per heavy atom. The number of aromatic nitrogens is 2. The van der Waals surface area contributed by atoms with Crippen molar-refractivity contribution in [1.29, 1.82) is 0 Å². The Morgan fingerprint density at radius 2 is 1.73 bits per heavy atom. The van der Waals surface area contributed by atoms with Crippen LogP contribution in [0.15, 0.2) is 58.1 Å². The Morgan fingerprint density at radius 1 is 1.00 bits per heavy atom. The summed E-state index contributed by atoms with van der Waals surface area (Å²) in [5.74, 6) is -1.03. The number of benzene rings is 2. The van der Waals surface area contributed by atoms with E-state index in [1.54, 1.807) is 36.1 Å². The number of ether oxygens (including phenoxy) is 1. The molecule has 0 radical (unpaired) electrons. The van der Waals surface area contributed by atoms with E-state index in [4.69, 9.17) is 4.74 Å². The summed E-state index contributed by atoms with van der Waals surface area (Å²) in [5, 5.41) is 0.344. The molecular weight excluding hydrogens is 386 g/mol. The van der Waals surface area contributed by atoms with Crippen molar-refractivity contribution in [2.75, 3.05) is 18.1 Å². The van der Waals surface area contributed by atoms with E-state index in [-0.39, 0.29) is 19.0 Å². The molecule has 0 saturated carbocycles. The number of hydrogen-bond donors (Lipinski definition) is 0. The van der Waals surface area contributed by atoms with Gasteiger partial charge in [0.2, 0.25) is 0 Å². The lowest BCUT2D eigenvalue weighted by Crippen LogP contribution is -2.41. The third-order valence-electron chi connectivity index (χ3n) is 5.28. The number of nitrogens with zero attached hydrogens (tertiary/aromatic N) is 3. The molecule has 4 rings (SSSR count). The summed E-state index contributed by atoms with van der Waals surface area (Å²) >= 11 is 0. The summed E-state index contributed by atoms with van der Waals surface area (Å²) in [5.41, 5.74) is 1.28. The number of para-hydroxylation sites is 2. The number of carbonyl (C=O) groups excluding carboxylic acids is 2. The molecule has 0 N–H and O–H groups in total. The molecule has 1 aromatic heterocycles. The van der Waals surface area contributed by atoms with Gasteiger partial charge < -0.3 is 9.64 Å². The van der Waals surface area contributed by atoms with Crippen molar-refractivity contribution >= 4 is 28.5 Å². The number of rotatable bonds is 5. The van der Waals surface area contributed by atoms with Crippen molar-refractivity contribution in [2.24, 2.45) is 0 Å². The lowest BCUT2D eigenvalue weighted by atomic mass is 10.2. The molecule has 0 spiro atoms. The van der Waals surface area contributed by atoms with E-state index in [0.717, 1.165) is 22.2 Å². The highest BCUT2D eigenvalue weighted by atomic mass is 16.5. The molecule has 30 heavy (non-hydrogen) atoms. The Kier molecular flexibility index (Phi) is 5.22. The van der Waals surface area contributed by atoms with E-state index in [2.05, 4.69) is 0 Å². The van der Waals surface area contributed by atoms with E-state index < -0.39 is 23.8 Å². The summed E-state index contributed by atoms with van der Waals surface area (Å²) in [6, 6.07) is 14.2. The van der Waals surface area contributed by atoms with Gasteiger partial charge >= 0.3 is 11.7 Å². The first kappa shape index (κ1) is 19.6. The highest BCUT2D eigenvalue weighted by molar-refractivity contribution is 5.97. The zero-order valence-electron chi connectivity index (χ0n) is 16.5. The van der Waals surface area contributed by atoms with Crippen LogP contribution in [0.4, 0.5) is 5.69 Å². The second-order valence-electron chi connectivity index (χ2n) is 7.02. The molecule has 8 nitrogen and oxygen atoms in total. The third-order valence-corrected chi connectivity index (χ3v) is 5.28. The minimum atomic E-state index is -0.718. The Bertz CT molecular complexity index is 1260. The van der Waals surface area contributed by atoms with E-state index in [1.807, 2.05) is 24.3 Å². The predicted molar refractivity (Wildman–Crippen MR) is 112 cm³/mol. The fourth-order valence-corrected chi connectivity index (χ4v) is 3.79. The van der Waals surface area contributed by atoms with Gasteiger partial charge in [-0.25, -0.2) is 4.79 Å². The van der Waals surface area contributed by atoms with Gasteiger partial charge in [-0.2, -0.15) is 0 Å². The largest absolute Gasteiger partial charge is 0.454 e. The van der Waals surface area contributed by atoms with Gasteiger partial charge in [0.05, 0.1) is 10.9 Å². The number of esters is 1. The van der Waals surface area contributed by atoms with Crippen LogP contribution in [0.5, 0.6) is 0 Å². The van der Waals surface area contributed by atoms with Gasteiger partial charge in [0.15, 0.2) is 6.61 Å². The maximum Gasteiger partial charge on any atom is 0.332 e. The molecule has 0 fully saturated rings. The lowest BCUT2D eigenvalue weighted by Gasteiger charge is -2.17. The van der Waals surface area contributed by atoms with E-state index in [9.17, 15) is 19.2 Å². The molecule has 0 atom stereocenters. The van der Waals surface area contributed by atoms with Crippen LogP contribution in [0.2, 0.25) is 0 Å². The maximum atomic E-state index is 12.7. The molecule has 154 valence electrons. The highest BCUT2D eigenvalue weighted by Gasteiger charge is 2.25. The van der Waals surface area contributed by atoms with Crippen LogP contribution < -0.4 is 16.1 Å². The average Bonchev–Trinajstić information content (AvgIpc) is 3.20. The SMILES string of the molecule is CCn1c(=O)c2ccccc2n(CC(=O)OCC(=O)N2CCc3ccccc32)c1=O. The fourth-order valence-electron chi connectivity index (χ4n) is 3.79. The minimum Gasteiger partial charge on any atom is -0.454 e. The zero-order chi connectivity index (χ0) is 21.3. The number of amides is 1. The van der Waals surface area contributed by atoms with Crippen LogP contribution in [-0.4, -0.2) is 34.2 Å². The highest BCUT2D eigenvalue weighted by Crippen LogP contribution is 2.27. The van der Waals surface area contributed by atoms with Crippen LogP contribution >= 0.6 is 0 Å². The average molecular weight is 407 g/mol. The smallest absolute Gasteiger partial charge is 0.332 e. The molecule has 2 heterocycles. The van der Waals surface area contributed by atoms with Gasteiger partial charge in [-0.15, -0.1) is 0 Å². The maximum absolute atomic E-state index is 12.7. The fraction of sp³-hybridized carbons (Fsp3) is 0.273. The molecular formula is C22H21N3O5. The zero-order valence-corrected chi connectivity index (χ0v) is 16.5. The topological polar surface area (TPSA) is 90.6 Å². The molecule has 0 saturated heterocycles. The summed E-state index contributed by atoms with van der Waals surface area (Å²) in [4.78, 5) is 51.7. The second-order valence-corrected chi connectivity index (χ2v) is 7.02.